The molecule has 0 radical (unpaired) electrons. The number of anilines is 1. The summed E-state index contributed by atoms with van der Waals surface area (Å²) in [5, 5.41) is 10.6. The number of ether oxygens (including phenoxy) is 2. The highest BCUT2D eigenvalue weighted by Gasteiger charge is 2.43. The molecule has 0 spiro atoms. The maximum atomic E-state index is 14.6. The number of pyridine rings is 1. The number of aryl methyl sites for hydroxylation is 1. The summed E-state index contributed by atoms with van der Waals surface area (Å²) in [4.78, 5) is 62.2. The van der Waals surface area contributed by atoms with Crippen LogP contribution in [0.4, 0.5) is 18.9 Å². The molecule has 1 atom stereocenters. The van der Waals surface area contributed by atoms with Crippen molar-refractivity contribution < 1.29 is 37.0 Å². The number of benzene rings is 2. The first-order chi connectivity index (χ1) is 33.8. The number of nitrogens with zero attached hydrogens (tertiary/aromatic N) is 10. The SMILES string of the molecule is Cn1cnnc1CC1(c2cccc(-n3cc4c(C(F)(F)F)cc(CN5CC(OCCN6CCC(CN7CCN(c8ccc9c(c8)CN(C8CCC(=O)NC8=O)C9=O)CC7)CC6)C5)cn4c3=O)c2)COC1. The lowest BCUT2D eigenvalue weighted by molar-refractivity contribution is -0.137. The summed E-state index contributed by atoms with van der Waals surface area (Å²) < 4.78 is 59.9. The van der Waals surface area contributed by atoms with Crippen molar-refractivity contribution in [2.24, 2.45) is 13.0 Å². The van der Waals surface area contributed by atoms with Crippen LogP contribution >= 0.6 is 0 Å². The standard InChI is InChI=1S/C50H58F3N11O6/c1-57-32-54-56-44(57)22-49(30-69-31-49)36-3-2-4-38(21-36)62-29-43-41(50(51,52)53)19-34(25-64(43)48(62)68)24-60-27-39(28-60)70-18-17-58-11-9-33(10-12-58)23-59-13-15-61(16-14-59)37-5-6-40-35(20-37)26-63(47(40)67)42-7-8-45(65)55-46(42)66/h2-6,19-21,25,29,32-33,39,42H,7-18,22-24,26-28,30-31H2,1H3,(H,55,65,66). The van der Waals surface area contributed by atoms with E-state index in [0.717, 1.165) is 98.3 Å². The van der Waals surface area contributed by atoms with Crippen LogP contribution in [-0.2, 0) is 57.2 Å². The van der Waals surface area contributed by atoms with E-state index in [0.29, 0.717) is 75.0 Å². The number of amides is 3. The Kier molecular flexibility index (Phi) is 12.4. The fourth-order valence-electron chi connectivity index (χ4n) is 11.3. The highest BCUT2D eigenvalue weighted by Crippen LogP contribution is 2.38. The molecule has 370 valence electrons. The molecule has 0 aliphatic carbocycles. The molecule has 3 amide bonds. The van der Waals surface area contributed by atoms with Gasteiger partial charge in [0, 0.05) is 114 Å². The number of halogens is 3. The van der Waals surface area contributed by atoms with Gasteiger partial charge in [-0.3, -0.25) is 38.5 Å². The topological polar surface area (TPSA) is 155 Å². The van der Waals surface area contributed by atoms with E-state index in [-0.39, 0.29) is 36.4 Å². The van der Waals surface area contributed by atoms with Gasteiger partial charge >= 0.3 is 11.9 Å². The Hall–Kier alpha value is -5.93. The Labute approximate surface area is 402 Å². The van der Waals surface area contributed by atoms with Crippen LogP contribution in [0.25, 0.3) is 11.2 Å². The molecule has 5 aromatic rings. The van der Waals surface area contributed by atoms with Crippen LogP contribution < -0.4 is 15.9 Å². The fraction of sp³-hybridized carbons (Fsp3) is 0.520. The molecule has 20 heteroatoms. The van der Waals surface area contributed by atoms with E-state index in [1.54, 1.807) is 17.3 Å². The van der Waals surface area contributed by atoms with E-state index in [9.17, 15) is 32.3 Å². The number of rotatable bonds is 14. The first-order valence-electron chi connectivity index (χ1n) is 24.4. The predicted molar refractivity (Wildman–Crippen MR) is 251 cm³/mol. The molecule has 17 nitrogen and oxygen atoms in total. The van der Waals surface area contributed by atoms with Crippen molar-refractivity contribution in [3.8, 4) is 5.69 Å². The van der Waals surface area contributed by atoms with E-state index in [4.69, 9.17) is 9.47 Å². The molecule has 5 fully saturated rings. The Morgan fingerprint density at radius 1 is 0.886 bits per heavy atom. The largest absolute Gasteiger partial charge is 0.418 e. The van der Waals surface area contributed by atoms with Crippen molar-refractivity contribution >= 4 is 28.9 Å². The van der Waals surface area contributed by atoms with Crippen molar-refractivity contribution in [2.75, 3.05) is 90.2 Å². The number of imidazole rings is 1. The molecule has 9 heterocycles. The van der Waals surface area contributed by atoms with Crippen molar-refractivity contribution in [1.82, 2.24) is 48.6 Å². The van der Waals surface area contributed by atoms with Crippen LogP contribution in [0.2, 0.25) is 0 Å². The van der Waals surface area contributed by atoms with Crippen molar-refractivity contribution in [1.29, 1.82) is 0 Å². The molecular formula is C50H58F3N11O6. The summed E-state index contributed by atoms with van der Waals surface area (Å²) in [5.74, 6) is 0.577. The first-order valence-corrected chi connectivity index (χ1v) is 24.4. The van der Waals surface area contributed by atoms with Gasteiger partial charge in [0.25, 0.3) is 5.91 Å². The summed E-state index contributed by atoms with van der Waals surface area (Å²) in [6.07, 6.45) is 3.20. The Morgan fingerprint density at radius 2 is 1.69 bits per heavy atom. The number of piperazine rings is 1. The van der Waals surface area contributed by atoms with Crippen LogP contribution in [0, 0.1) is 5.92 Å². The molecule has 5 saturated heterocycles. The third-order valence-electron chi connectivity index (χ3n) is 15.5. The zero-order valence-corrected chi connectivity index (χ0v) is 39.3. The van der Waals surface area contributed by atoms with Gasteiger partial charge in [0.05, 0.1) is 42.7 Å². The van der Waals surface area contributed by atoms with Crippen molar-refractivity contribution in [2.45, 2.75) is 68.9 Å². The Balaban J connectivity index is 0.622. The Bertz CT molecular complexity index is 2850. The van der Waals surface area contributed by atoms with E-state index < -0.39 is 34.8 Å². The maximum absolute atomic E-state index is 14.6. The van der Waals surface area contributed by atoms with Gasteiger partial charge in [0.1, 0.15) is 18.2 Å². The van der Waals surface area contributed by atoms with Gasteiger partial charge in [0.15, 0.2) is 0 Å². The average Bonchev–Trinajstić information content (AvgIpc) is 3.99. The van der Waals surface area contributed by atoms with Crippen LogP contribution in [0.3, 0.4) is 0 Å². The molecular weight excluding hydrogens is 908 g/mol. The quantitative estimate of drug-likeness (QED) is 0.163. The lowest BCUT2D eigenvalue weighted by atomic mass is 9.75. The lowest BCUT2D eigenvalue weighted by Gasteiger charge is -2.41. The summed E-state index contributed by atoms with van der Waals surface area (Å²) in [7, 11) is 1.87. The summed E-state index contributed by atoms with van der Waals surface area (Å²) >= 11 is 0. The fourth-order valence-corrected chi connectivity index (χ4v) is 11.3. The maximum Gasteiger partial charge on any atom is 0.418 e. The van der Waals surface area contributed by atoms with Crippen LogP contribution in [0.5, 0.6) is 0 Å². The monoisotopic (exact) mass is 965 g/mol. The molecule has 11 rings (SSSR count). The number of hydrogen-bond donors (Lipinski definition) is 1. The number of likely N-dealkylation sites (tertiary alicyclic amines) is 2. The number of carbonyl (C=O) groups is 3. The van der Waals surface area contributed by atoms with Gasteiger partial charge in [-0.25, -0.2) is 4.79 Å². The number of aromatic nitrogens is 5. The molecule has 3 aromatic heterocycles. The van der Waals surface area contributed by atoms with Gasteiger partial charge < -0.3 is 28.7 Å². The summed E-state index contributed by atoms with van der Waals surface area (Å²) in [6, 6.07) is 13.9. The second-order valence-electron chi connectivity index (χ2n) is 20.2. The third-order valence-corrected chi connectivity index (χ3v) is 15.5. The molecule has 70 heavy (non-hydrogen) atoms. The molecule has 6 aliphatic heterocycles. The minimum Gasteiger partial charge on any atom is -0.379 e. The van der Waals surface area contributed by atoms with Crippen molar-refractivity contribution in [3.63, 3.8) is 0 Å². The third kappa shape index (κ3) is 9.15. The molecule has 1 unspecified atom stereocenters. The Morgan fingerprint density at radius 3 is 2.40 bits per heavy atom. The number of fused-ring (bicyclic) bond motifs is 2. The zero-order chi connectivity index (χ0) is 48.3. The molecule has 0 saturated carbocycles. The van der Waals surface area contributed by atoms with Crippen LogP contribution in [0.1, 0.15) is 64.1 Å². The second kappa shape index (κ2) is 18.7. The van der Waals surface area contributed by atoms with Crippen LogP contribution in [-0.4, -0.2) is 158 Å². The van der Waals surface area contributed by atoms with Gasteiger partial charge in [-0.2, -0.15) is 13.2 Å². The summed E-state index contributed by atoms with van der Waals surface area (Å²) in [6.45, 7) is 11.0. The highest BCUT2D eigenvalue weighted by molar-refractivity contribution is 6.05. The number of piperidine rings is 2. The first kappa shape index (κ1) is 46.5. The number of alkyl halides is 3. The number of carbonyl (C=O) groups excluding carboxylic acids is 3. The average molecular weight is 966 g/mol. The minimum atomic E-state index is -4.67. The molecule has 1 N–H and O–H groups in total. The van der Waals surface area contributed by atoms with E-state index in [1.807, 2.05) is 46.8 Å². The predicted octanol–water partition coefficient (Wildman–Crippen LogP) is 3.24. The molecule has 2 aromatic carbocycles. The number of imide groups is 1. The molecule has 0 bridgehead atoms. The van der Waals surface area contributed by atoms with E-state index in [1.165, 1.54) is 17.0 Å². The minimum absolute atomic E-state index is 0.00274. The number of hydrogen-bond acceptors (Lipinski definition) is 12. The smallest absolute Gasteiger partial charge is 0.379 e. The van der Waals surface area contributed by atoms with Crippen molar-refractivity contribution in [3.05, 3.63) is 111 Å². The normalized spacial score (nSPS) is 21.9. The number of nitrogens with one attached hydrogen (secondary N) is 1. The highest BCUT2D eigenvalue weighted by atomic mass is 19.4. The van der Waals surface area contributed by atoms with Gasteiger partial charge in [-0.1, -0.05) is 12.1 Å². The lowest BCUT2D eigenvalue weighted by Crippen LogP contribution is -2.52. The summed E-state index contributed by atoms with van der Waals surface area (Å²) in [5.41, 5.74) is 2.42. The second-order valence-corrected chi connectivity index (χ2v) is 20.2. The molecule has 6 aliphatic rings. The van der Waals surface area contributed by atoms with Gasteiger partial charge in [-0.05, 0) is 91.4 Å². The van der Waals surface area contributed by atoms with E-state index >= 15 is 0 Å². The van der Waals surface area contributed by atoms with Crippen LogP contribution in [0.15, 0.2) is 72.0 Å². The zero-order valence-electron chi connectivity index (χ0n) is 39.3. The van der Waals surface area contributed by atoms with Gasteiger partial charge in [-0.15, -0.1) is 10.2 Å². The van der Waals surface area contributed by atoms with Gasteiger partial charge in [0.2, 0.25) is 11.8 Å². The van der Waals surface area contributed by atoms with E-state index in [2.05, 4.69) is 36.3 Å².